The Hall–Kier alpha value is -1.91. The van der Waals surface area contributed by atoms with E-state index in [-0.39, 0.29) is 5.91 Å². The lowest BCUT2D eigenvalue weighted by Crippen LogP contribution is -2.28. The molecular formula is C13H20N4O. The van der Waals surface area contributed by atoms with Crippen LogP contribution in [0.1, 0.15) is 30.0 Å². The van der Waals surface area contributed by atoms with Gasteiger partial charge < -0.3 is 10.2 Å². The van der Waals surface area contributed by atoms with Gasteiger partial charge in [-0.25, -0.2) is 9.97 Å². The van der Waals surface area contributed by atoms with Crippen LogP contribution >= 0.6 is 0 Å². The molecule has 0 atom stereocenters. The SMILES string of the molecule is C=CCNC(=O)c1cc(C)nc(N(CC)CC)n1. The van der Waals surface area contributed by atoms with Gasteiger partial charge in [0.05, 0.1) is 0 Å². The summed E-state index contributed by atoms with van der Waals surface area (Å²) in [5.41, 5.74) is 1.18. The monoisotopic (exact) mass is 248 g/mol. The van der Waals surface area contributed by atoms with Gasteiger partial charge in [-0.05, 0) is 26.8 Å². The highest BCUT2D eigenvalue weighted by Gasteiger charge is 2.12. The molecule has 1 N–H and O–H groups in total. The van der Waals surface area contributed by atoms with Gasteiger partial charge in [0, 0.05) is 25.3 Å². The zero-order valence-corrected chi connectivity index (χ0v) is 11.2. The van der Waals surface area contributed by atoms with Gasteiger partial charge in [0.15, 0.2) is 0 Å². The first kappa shape index (κ1) is 14.2. The summed E-state index contributed by atoms with van der Waals surface area (Å²) in [5, 5.41) is 2.71. The second kappa shape index (κ2) is 6.74. The van der Waals surface area contributed by atoms with Crippen molar-refractivity contribution < 1.29 is 4.79 Å². The van der Waals surface area contributed by atoms with Crippen molar-refractivity contribution in [1.29, 1.82) is 0 Å². The predicted octanol–water partition coefficient (Wildman–Crippen LogP) is 1.55. The molecule has 1 rings (SSSR count). The minimum atomic E-state index is -0.200. The van der Waals surface area contributed by atoms with Crippen molar-refractivity contribution in [3.05, 3.63) is 30.1 Å². The van der Waals surface area contributed by atoms with Crippen LogP contribution in [0, 0.1) is 6.92 Å². The Labute approximate surface area is 108 Å². The Balaban J connectivity index is 2.99. The molecule has 0 bridgehead atoms. The molecule has 0 fully saturated rings. The fraction of sp³-hybridized carbons (Fsp3) is 0.462. The standard InChI is InChI=1S/C13H20N4O/c1-5-8-14-12(18)11-9-10(4)15-13(16-11)17(6-2)7-3/h5,9H,1,6-8H2,2-4H3,(H,14,18). The van der Waals surface area contributed by atoms with Crippen LogP contribution in [0.5, 0.6) is 0 Å². The molecule has 0 aliphatic carbocycles. The topological polar surface area (TPSA) is 58.1 Å². The molecule has 0 spiro atoms. The van der Waals surface area contributed by atoms with Crippen LogP contribution in [0.4, 0.5) is 5.95 Å². The van der Waals surface area contributed by atoms with E-state index in [4.69, 9.17) is 0 Å². The third-order valence-corrected chi connectivity index (χ3v) is 2.53. The number of nitrogens with one attached hydrogen (secondary N) is 1. The second-order valence-corrected chi connectivity index (χ2v) is 3.87. The predicted molar refractivity (Wildman–Crippen MR) is 72.9 cm³/mol. The molecule has 0 aromatic carbocycles. The Morgan fingerprint density at radius 1 is 1.44 bits per heavy atom. The number of hydrogen-bond acceptors (Lipinski definition) is 4. The van der Waals surface area contributed by atoms with Gasteiger partial charge in [0.2, 0.25) is 5.95 Å². The van der Waals surface area contributed by atoms with Crippen molar-refractivity contribution in [2.24, 2.45) is 0 Å². The minimum absolute atomic E-state index is 0.200. The Kier molecular flexibility index (Phi) is 5.30. The molecule has 98 valence electrons. The highest BCUT2D eigenvalue weighted by molar-refractivity contribution is 5.92. The molecule has 0 aliphatic heterocycles. The zero-order chi connectivity index (χ0) is 13.5. The maximum Gasteiger partial charge on any atom is 0.270 e. The lowest BCUT2D eigenvalue weighted by Gasteiger charge is -2.19. The first-order valence-corrected chi connectivity index (χ1v) is 6.12. The van der Waals surface area contributed by atoms with Crippen LogP contribution < -0.4 is 10.2 Å². The van der Waals surface area contributed by atoms with Gasteiger partial charge in [-0.15, -0.1) is 6.58 Å². The summed E-state index contributed by atoms with van der Waals surface area (Å²) in [5.74, 6) is 0.401. The summed E-state index contributed by atoms with van der Waals surface area (Å²) in [4.78, 5) is 22.5. The normalized spacial score (nSPS) is 9.94. The Morgan fingerprint density at radius 2 is 2.11 bits per heavy atom. The highest BCUT2D eigenvalue weighted by atomic mass is 16.1. The minimum Gasteiger partial charge on any atom is -0.347 e. The van der Waals surface area contributed by atoms with E-state index in [1.807, 2.05) is 25.7 Å². The number of carbonyl (C=O) groups excluding carboxylic acids is 1. The average Bonchev–Trinajstić information content (AvgIpc) is 2.36. The quantitative estimate of drug-likeness (QED) is 0.776. The summed E-state index contributed by atoms with van der Waals surface area (Å²) >= 11 is 0. The van der Waals surface area contributed by atoms with E-state index in [0.717, 1.165) is 18.8 Å². The molecule has 1 amide bonds. The Morgan fingerprint density at radius 3 is 2.67 bits per heavy atom. The first-order valence-electron chi connectivity index (χ1n) is 6.12. The number of aromatic nitrogens is 2. The van der Waals surface area contributed by atoms with Crippen LogP contribution in [-0.4, -0.2) is 35.5 Å². The van der Waals surface area contributed by atoms with Crippen LogP contribution in [0.15, 0.2) is 18.7 Å². The van der Waals surface area contributed by atoms with E-state index < -0.39 is 0 Å². The average molecular weight is 248 g/mol. The second-order valence-electron chi connectivity index (χ2n) is 3.87. The van der Waals surface area contributed by atoms with Crippen LogP contribution in [0.2, 0.25) is 0 Å². The smallest absolute Gasteiger partial charge is 0.270 e. The van der Waals surface area contributed by atoms with Crippen LogP contribution in [-0.2, 0) is 0 Å². The highest BCUT2D eigenvalue weighted by Crippen LogP contribution is 2.10. The summed E-state index contributed by atoms with van der Waals surface area (Å²) in [6.45, 7) is 11.5. The van der Waals surface area contributed by atoms with Crippen molar-refractivity contribution in [2.75, 3.05) is 24.5 Å². The number of anilines is 1. The molecule has 0 saturated heterocycles. The van der Waals surface area contributed by atoms with Crippen molar-refractivity contribution in [3.8, 4) is 0 Å². The lowest BCUT2D eigenvalue weighted by molar-refractivity contribution is 0.0953. The molecule has 18 heavy (non-hydrogen) atoms. The number of hydrogen-bond donors (Lipinski definition) is 1. The third kappa shape index (κ3) is 3.55. The zero-order valence-electron chi connectivity index (χ0n) is 11.2. The number of amides is 1. The number of nitrogens with zero attached hydrogens (tertiary/aromatic N) is 3. The number of carbonyl (C=O) groups is 1. The third-order valence-electron chi connectivity index (χ3n) is 2.53. The Bertz CT molecular complexity index is 427. The van der Waals surface area contributed by atoms with Gasteiger partial charge in [-0.2, -0.15) is 0 Å². The van der Waals surface area contributed by atoms with Gasteiger partial charge >= 0.3 is 0 Å². The molecule has 1 aromatic heterocycles. The van der Waals surface area contributed by atoms with Crippen molar-refractivity contribution in [2.45, 2.75) is 20.8 Å². The van der Waals surface area contributed by atoms with Gasteiger partial charge in [0.25, 0.3) is 5.91 Å². The molecule has 0 radical (unpaired) electrons. The summed E-state index contributed by atoms with van der Waals surface area (Å²) in [6, 6.07) is 1.69. The fourth-order valence-electron chi connectivity index (χ4n) is 1.57. The largest absolute Gasteiger partial charge is 0.347 e. The van der Waals surface area contributed by atoms with E-state index in [0.29, 0.717) is 18.2 Å². The summed E-state index contributed by atoms with van der Waals surface area (Å²) in [6.07, 6.45) is 1.64. The van der Waals surface area contributed by atoms with Crippen LogP contribution in [0.3, 0.4) is 0 Å². The molecule has 0 aliphatic rings. The molecule has 0 saturated carbocycles. The summed E-state index contributed by atoms with van der Waals surface area (Å²) < 4.78 is 0. The number of rotatable bonds is 6. The van der Waals surface area contributed by atoms with E-state index in [1.54, 1.807) is 12.1 Å². The van der Waals surface area contributed by atoms with E-state index in [2.05, 4.69) is 21.9 Å². The van der Waals surface area contributed by atoms with Crippen molar-refractivity contribution >= 4 is 11.9 Å². The van der Waals surface area contributed by atoms with E-state index in [9.17, 15) is 4.79 Å². The molecule has 1 aromatic rings. The van der Waals surface area contributed by atoms with Crippen molar-refractivity contribution in [3.63, 3.8) is 0 Å². The summed E-state index contributed by atoms with van der Waals surface area (Å²) in [7, 11) is 0. The van der Waals surface area contributed by atoms with Gasteiger partial charge in [0.1, 0.15) is 5.69 Å². The van der Waals surface area contributed by atoms with Gasteiger partial charge in [-0.3, -0.25) is 4.79 Å². The van der Waals surface area contributed by atoms with Gasteiger partial charge in [-0.1, -0.05) is 6.08 Å². The molecule has 0 unspecified atom stereocenters. The van der Waals surface area contributed by atoms with Crippen LogP contribution in [0.25, 0.3) is 0 Å². The molecule has 5 heteroatoms. The lowest BCUT2D eigenvalue weighted by atomic mass is 10.3. The fourth-order valence-corrected chi connectivity index (χ4v) is 1.57. The molecule has 1 heterocycles. The first-order chi connectivity index (χ1) is 8.62. The van der Waals surface area contributed by atoms with Crippen molar-refractivity contribution in [1.82, 2.24) is 15.3 Å². The maximum atomic E-state index is 11.8. The van der Waals surface area contributed by atoms with E-state index in [1.165, 1.54) is 0 Å². The molecular weight excluding hydrogens is 228 g/mol. The molecule has 5 nitrogen and oxygen atoms in total. The van der Waals surface area contributed by atoms with E-state index >= 15 is 0 Å². The number of aryl methyl sites for hydroxylation is 1. The maximum absolute atomic E-state index is 11.8.